The maximum atomic E-state index is 14.4. The van der Waals surface area contributed by atoms with E-state index in [2.05, 4.69) is 0 Å². The second kappa shape index (κ2) is 9.39. The standard InChI is InChI=1S/C35H40O10S/c1-9-18-16-20(36)19-10-11-21-22(24(19)41-18)25(43-29(40)35-15-13-33(8,27(38)45-35)31(35,5)6)23(17(2)46-21)42-28(39)34-14-12-32(7,26(37)44-34)30(34,3)4/h10-11,16-17,23,25H,9,12-15H2,1-8H3/t17-,23-,25+,32+,33+,34-,35-/m0/s1. The highest BCUT2D eigenvalue weighted by Crippen LogP contribution is 2.67. The summed E-state index contributed by atoms with van der Waals surface area (Å²) in [6.45, 7) is 14.7. The van der Waals surface area contributed by atoms with Crippen molar-refractivity contribution in [2.75, 3.05) is 0 Å². The molecular formula is C35H40O10S. The molecule has 0 radical (unpaired) electrons. The van der Waals surface area contributed by atoms with E-state index in [1.54, 1.807) is 12.1 Å². The van der Waals surface area contributed by atoms with Gasteiger partial charge < -0.3 is 23.4 Å². The van der Waals surface area contributed by atoms with Gasteiger partial charge in [0.15, 0.2) is 17.6 Å². The zero-order valence-electron chi connectivity index (χ0n) is 27.5. The van der Waals surface area contributed by atoms with Crippen LogP contribution in [0.3, 0.4) is 0 Å². The highest BCUT2D eigenvalue weighted by atomic mass is 32.2. The molecule has 7 rings (SSSR count). The average Bonchev–Trinajstić information content (AvgIpc) is 3.46. The highest BCUT2D eigenvalue weighted by Gasteiger charge is 2.78. The van der Waals surface area contributed by atoms with E-state index in [4.69, 9.17) is 23.4 Å². The summed E-state index contributed by atoms with van der Waals surface area (Å²) >= 11 is 1.41. The van der Waals surface area contributed by atoms with E-state index in [1.807, 2.05) is 55.4 Å². The molecule has 2 aromatic rings. The fourth-order valence-corrected chi connectivity index (χ4v) is 9.83. The van der Waals surface area contributed by atoms with Crippen molar-refractivity contribution in [1.82, 2.24) is 0 Å². The van der Waals surface area contributed by atoms with Crippen molar-refractivity contribution in [3.63, 3.8) is 0 Å². The molecule has 1 aromatic carbocycles. The van der Waals surface area contributed by atoms with E-state index >= 15 is 0 Å². The lowest BCUT2D eigenvalue weighted by Gasteiger charge is -2.41. The molecule has 0 spiro atoms. The molecule has 4 bridgehead atoms. The smallest absolute Gasteiger partial charge is 0.351 e. The van der Waals surface area contributed by atoms with Crippen LogP contribution in [0.25, 0.3) is 11.0 Å². The van der Waals surface area contributed by atoms with Crippen molar-refractivity contribution in [2.24, 2.45) is 21.7 Å². The number of carbonyl (C=O) groups excluding carboxylic acids is 4. The number of fused-ring (bicyclic) bond motifs is 7. The Balaban J connectivity index is 1.35. The quantitative estimate of drug-likeness (QED) is 0.295. The third-order valence-electron chi connectivity index (χ3n) is 13.0. The number of hydrogen-bond acceptors (Lipinski definition) is 11. The van der Waals surface area contributed by atoms with Gasteiger partial charge in [-0.15, -0.1) is 11.8 Å². The molecule has 246 valence electrons. The van der Waals surface area contributed by atoms with E-state index in [-0.39, 0.29) is 17.4 Å². The molecule has 46 heavy (non-hydrogen) atoms. The number of thioether (sulfide) groups is 1. The molecule has 4 heterocycles. The maximum Gasteiger partial charge on any atom is 0.351 e. The Morgan fingerprint density at radius 2 is 1.39 bits per heavy atom. The van der Waals surface area contributed by atoms with Gasteiger partial charge in [0.25, 0.3) is 0 Å². The first-order chi connectivity index (χ1) is 21.4. The average molecular weight is 653 g/mol. The summed E-state index contributed by atoms with van der Waals surface area (Å²) in [6.07, 6.45) is -0.306. The lowest BCUT2D eigenvalue weighted by molar-refractivity contribution is -0.202. The van der Waals surface area contributed by atoms with Gasteiger partial charge in [0.2, 0.25) is 11.2 Å². The molecule has 0 amide bonds. The predicted octanol–water partition coefficient (Wildman–Crippen LogP) is 5.59. The summed E-state index contributed by atoms with van der Waals surface area (Å²) in [5, 5.41) is -0.130. The molecule has 0 unspecified atom stereocenters. The largest absolute Gasteiger partial charge is 0.460 e. The van der Waals surface area contributed by atoms with Crippen molar-refractivity contribution < 1.29 is 42.5 Å². The van der Waals surface area contributed by atoms with Crippen LogP contribution in [0.5, 0.6) is 0 Å². The van der Waals surface area contributed by atoms with Crippen molar-refractivity contribution >= 4 is 46.6 Å². The second-order valence-corrected chi connectivity index (χ2v) is 16.6. The van der Waals surface area contributed by atoms with Gasteiger partial charge in [-0.3, -0.25) is 14.4 Å². The van der Waals surface area contributed by atoms with E-state index in [0.717, 1.165) is 0 Å². The van der Waals surface area contributed by atoms with Crippen LogP contribution in [0.2, 0.25) is 0 Å². The molecule has 7 atom stereocenters. The zero-order valence-corrected chi connectivity index (χ0v) is 28.3. The van der Waals surface area contributed by atoms with Crippen LogP contribution in [0.15, 0.2) is 32.3 Å². The molecule has 0 N–H and O–H groups in total. The second-order valence-electron chi connectivity index (χ2n) is 15.2. The van der Waals surface area contributed by atoms with Crippen LogP contribution < -0.4 is 5.43 Å². The van der Waals surface area contributed by atoms with Crippen molar-refractivity contribution in [3.8, 4) is 0 Å². The number of carbonyl (C=O) groups is 4. The Labute approximate surface area is 271 Å². The predicted molar refractivity (Wildman–Crippen MR) is 166 cm³/mol. The van der Waals surface area contributed by atoms with Crippen LogP contribution in [0.1, 0.15) is 98.5 Å². The third kappa shape index (κ3) is 3.48. The SMILES string of the molecule is CCc1cc(=O)c2ccc3c(c2o1)[C@@H](OC(=O)[C@]12CC[C@](C)(C(=O)O1)C2(C)C)[C@@H](OC(=O)[C@]12CC[C@](C)(C(=O)O1)C2(C)C)[C@H](C)S3. The topological polar surface area (TPSA) is 135 Å². The Hall–Kier alpha value is -3.34. The zero-order chi connectivity index (χ0) is 33.4. The maximum absolute atomic E-state index is 14.4. The molecule has 10 nitrogen and oxygen atoms in total. The Morgan fingerprint density at radius 1 is 0.848 bits per heavy atom. The molecular weight excluding hydrogens is 612 g/mol. The Morgan fingerprint density at radius 3 is 1.87 bits per heavy atom. The minimum atomic E-state index is -1.55. The van der Waals surface area contributed by atoms with Gasteiger partial charge >= 0.3 is 23.9 Å². The molecule has 3 aliphatic heterocycles. The highest BCUT2D eigenvalue weighted by molar-refractivity contribution is 8.00. The minimum Gasteiger partial charge on any atom is -0.460 e. The number of benzene rings is 1. The van der Waals surface area contributed by atoms with E-state index in [9.17, 15) is 24.0 Å². The Kier molecular flexibility index (Phi) is 6.38. The van der Waals surface area contributed by atoms with E-state index in [0.29, 0.717) is 47.3 Å². The molecule has 2 saturated carbocycles. The number of rotatable bonds is 5. The van der Waals surface area contributed by atoms with Crippen LogP contribution in [-0.4, -0.2) is 46.4 Å². The lowest BCUT2D eigenvalue weighted by atomic mass is 9.66. The molecule has 4 fully saturated rings. The summed E-state index contributed by atoms with van der Waals surface area (Å²) in [6, 6.07) is 4.91. The van der Waals surface area contributed by atoms with Crippen LogP contribution >= 0.6 is 11.8 Å². The summed E-state index contributed by atoms with van der Waals surface area (Å²) in [4.78, 5) is 68.7. The third-order valence-corrected chi connectivity index (χ3v) is 14.2. The minimum absolute atomic E-state index is 0.246. The first-order valence-corrected chi connectivity index (χ1v) is 16.9. The number of hydrogen-bond donors (Lipinski definition) is 0. The monoisotopic (exact) mass is 652 g/mol. The van der Waals surface area contributed by atoms with Crippen LogP contribution in [0.4, 0.5) is 0 Å². The molecule has 2 saturated heterocycles. The van der Waals surface area contributed by atoms with Gasteiger partial charge in [-0.2, -0.15) is 0 Å². The van der Waals surface area contributed by atoms with Gasteiger partial charge in [-0.25, -0.2) is 9.59 Å². The number of ether oxygens (including phenoxy) is 4. The molecule has 1 aromatic heterocycles. The van der Waals surface area contributed by atoms with Gasteiger partial charge in [0, 0.05) is 33.5 Å². The van der Waals surface area contributed by atoms with Crippen molar-refractivity contribution in [2.45, 2.75) is 121 Å². The normalized spacial score (nSPS) is 38.0. The fraction of sp³-hybridized carbons (Fsp3) is 0.629. The number of aryl methyl sites for hydroxylation is 1. The lowest BCUT2D eigenvalue weighted by Crippen LogP contribution is -2.53. The van der Waals surface area contributed by atoms with Crippen LogP contribution in [0, 0.1) is 21.7 Å². The van der Waals surface area contributed by atoms with E-state index < -0.39 is 74.2 Å². The molecule has 5 aliphatic rings. The summed E-state index contributed by atoms with van der Waals surface area (Å²) in [5.74, 6) is -1.88. The molecule has 11 heteroatoms. The summed E-state index contributed by atoms with van der Waals surface area (Å²) in [5.41, 5.74) is -6.09. The fourth-order valence-electron chi connectivity index (χ4n) is 8.61. The number of esters is 4. The Bertz CT molecular complexity index is 1810. The first-order valence-electron chi connectivity index (χ1n) is 16.1. The van der Waals surface area contributed by atoms with Crippen LogP contribution in [-0.2, 0) is 44.5 Å². The molecule has 2 aliphatic carbocycles. The van der Waals surface area contributed by atoms with Crippen molar-refractivity contribution in [3.05, 3.63) is 39.7 Å². The van der Waals surface area contributed by atoms with Gasteiger partial charge in [0.05, 0.1) is 21.8 Å². The van der Waals surface area contributed by atoms with Gasteiger partial charge in [0.1, 0.15) is 11.3 Å². The summed E-state index contributed by atoms with van der Waals surface area (Å²) < 4.78 is 30.7. The van der Waals surface area contributed by atoms with Crippen molar-refractivity contribution in [1.29, 1.82) is 0 Å². The van der Waals surface area contributed by atoms with Gasteiger partial charge in [-0.1, -0.05) is 34.6 Å². The van der Waals surface area contributed by atoms with E-state index in [1.165, 1.54) is 17.8 Å². The van der Waals surface area contributed by atoms with Gasteiger partial charge in [-0.05, 0) is 58.6 Å². The first kappa shape index (κ1) is 31.3. The summed E-state index contributed by atoms with van der Waals surface area (Å²) in [7, 11) is 0.